The van der Waals surface area contributed by atoms with Crippen molar-refractivity contribution in [1.82, 2.24) is 10.2 Å². The van der Waals surface area contributed by atoms with E-state index in [1.807, 2.05) is 38.1 Å². The van der Waals surface area contributed by atoms with Crippen LogP contribution in [0.3, 0.4) is 0 Å². The van der Waals surface area contributed by atoms with Gasteiger partial charge in [-0.15, -0.1) is 0 Å². The number of hydrogen-bond acceptors (Lipinski definition) is 4. The Balaban J connectivity index is 2.34. The van der Waals surface area contributed by atoms with Crippen LogP contribution in [0.15, 0.2) is 53.0 Å². The van der Waals surface area contributed by atoms with Crippen LogP contribution in [0.5, 0.6) is 0 Å². The fourth-order valence-electron chi connectivity index (χ4n) is 3.04. The third-order valence-corrected chi connectivity index (χ3v) is 7.30. The van der Waals surface area contributed by atoms with E-state index in [0.717, 1.165) is 24.2 Å². The van der Waals surface area contributed by atoms with Gasteiger partial charge < -0.3 is 10.2 Å². The molecule has 0 saturated heterocycles. The Kier molecular flexibility index (Phi) is 10.2. The minimum absolute atomic E-state index is 0.173. The van der Waals surface area contributed by atoms with Gasteiger partial charge in [-0.3, -0.25) is 13.9 Å². The molecule has 2 aromatic rings. The maximum absolute atomic E-state index is 13.4. The molecule has 2 rings (SSSR count). The normalized spacial score (nSPS) is 12.3. The molecule has 2 aromatic carbocycles. The van der Waals surface area contributed by atoms with Crippen molar-refractivity contribution in [3.63, 3.8) is 0 Å². The van der Waals surface area contributed by atoms with Crippen LogP contribution in [0.2, 0.25) is 0 Å². The molecule has 2 amide bonds. The molecule has 0 heterocycles. The van der Waals surface area contributed by atoms with E-state index in [1.165, 1.54) is 4.90 Å². The lowest BCUT2D eigenvalue weighted by Gasteiger charge is -2.31. The maximum atomic E-state index is 13.4. The summed E-state index contributed by atoms with van der Waals surface area (Å²) in [6.07, 6.45) is 1.07. The van der Waals surface area contributed by atoms with Crippen LogP contribution in [0.4, 0.5) is 5.69 Å². The van der Waals surface area contributed by atoms with E-state index in [9.17, 15) is 18.0 Å². The second-order valence-corrected chi connectivity index (χ2v) is 12.3. The van der Waals surface area contributed by atoms with E-state index in [0.29, 0.717) is 12.2 Å². The molecule has 0 aliphatic heterocycles. The summed E-state index contributed by atoms with van der Waals surface area (Å²) in [5.41, 5.74) is 1.22. The summed E-state index contributed by atoms with van der Waals surface area (Å²) in [5, 5.41) is 2.86. The molecule has 10 heteroatoms. The number of carbonyl (C=O) groups excluding carboxylic acids is 2. The summed E-state index contributed by atoms with van der Waals surface area (Å²) in [7, 11) is -3.73. The third kappa shape index (κ3) is 8.56. The number of halogens is 2. The number of benzene rings is 2. The van der Waals surface area contributed by atoms with Gasteiger partial charge in [-0.05, 0) is 77.4 Å². The highest BCUT2D eigenvalue weighted by molar-refractivity contribution is 14.1. The van der Waals surface area contributed by atoms with Crippen LogP contribution in [0.25, 0.3) is 0 Å². The summed E-state index contributed by atoms with van der Waals surface area (Å²) in [5.74, 6) is -0.484. The number of nitrogens with one attached hydrogen (secondary N) is 1. The molecule has 180 valence electrons. The molecular formula is C23H29BrIN3O4S. The molecule has 0 unspecified atom stereocenters. The van der Waals surface area contributed by atoms with Crippen LogP contribution < -0.4 is 9.62 Å². The highest BCUT2D eigenvalue weighted by Gasteiger charge is 2.30. The van der Waals surface area contributed by atoms with Crippen molar-refractivity contribution in [3.8, 4) is 0 Å². The van der Waals surface area contributed by atoms with Crippen molar-refractivity contribution in [2.45, 2.75) is 33.4 Å². The molecule has 0 aliphatic carbocycles. The minimum atomic E-state index is -3.73. The van der Waals surface area contributed by atoms with Crippen LogP contribution in [-0.2, 0) is 26.2 Å². The first-order valence-corrected chi connectivity index (χ1v) is 14.2. The predicted molar refractivity (Wildman–Crippen MR) is 143 cm³/mol. The molecule has 0 aromatic heterocycles. The lowest BCUT2D eigenvalue weighted by molar-refractivity contribution is -0.139. The number of hydrogen-bond donors (Lipinski definition) is 1. The summed E-state index contributed by atoms with van der Waals surface area (Å²) in [4.78, 5) is 27.6. The SMILES string of the molecule is CC(C)CNC(=O)[C@@H](C)N(Cc1ccc(Br)cc1)C(=O)CN(c1ccc(I)cc1)S(C)(=O)=O. The monoisotopic (exact) mass is 649 g/mol. The molecular weight excluding hydrogens is 621 g/mol. The van der Waals surface area contributed by atoms with E-state index in [1.54, 1.807) is 31.2 Å². The Morgan fingerprint density at radius 1 is 1.03 bits per heavy atom. The Morgan fingerprint density at radius 3 is 2.12 bits per heavy atom. The van der Waals surface area contributed by atoms with Crippen molar-refractivity contribution in [2.24, 2.45) is 5.92 Å². The number of anilines is 1. The molecule has 0 aliphatic rings. The summed E-state index contributed by atoms with van der Waals surface area (Å²) in [6, 6.07) is 13.5. The zero-order chi connectivity index (χ0) is 24.8. The number of sulfonamides is 1. The average molecular weight is 650 g/mol. The zero-order valence-electron chi connectivity index (χ0n) is 19.1. The van der Waals surface area contributed by atoms with E-state index >= 15 is 0 Å². The average Bonchev–Trinajstić information content (AvgIpc) is 2.74. The van der Waals surface area contributed by atoms with Crippen molar-refractivity contribution < 1.29 is 18.0 Å². The maximum Gasteiger partial charge on any atom is 0.244 e. The first-order valence-electron chi connectivity index (χ1n) is 10.4. The van der Waals surface area contributed by atoms with Crippen LogP contribution in [0.1, 0.15) is 26.3 Å². The highest BCUT2D eigenvalue weighted by Crippen LogP contribution is 2.21. The molecule has 7 nitrogen and oxygen atoms in total. The van der Waals surface area contributed by atoms with Gasteiger partial charge in [-0.1, -0.05) is 41.9 Å². The van der Waals surface area contributed by atoms with Crippen LogP contribution in [0, 0.1) is 9.49 Å². The Bertz CT molecular complexity index is 1060. The number of carbonyl (C=O) groups is 2. The first-order chi connectivity index (χ1) is 15.4. The van der Waals surface area contributed by atoms with E-state index in [-0.39, 0.29) is 18.4 Å². The summed E-state index contributed by atoms with van der Waals surface area (Å²) >= 11 is 5.52. The Labute approximate surface area is 218 Å². The van der Waals surface area contributed by atoms with E-state index in [2.05, 4.69) is 43.8 Å². The second kappa shape index (κ2) is 12.2. The minimum Gasteiger partial charge on any atom is -0.354 e. The summed E-state index contributed by atoms with van der Waals surface area (Å²) in [6.45, 7) is 5.88. The Hall–Kier alpha value is -1.66. The van der Waals surface area contributed by atoms with Crippen molar-refractivity contribution in [3.05, 3.63) is 62.1 Å². The van der Waals surface area contributed by atoms with Crippen molar-refractivity contribution in [1.29, 1.82) is 0 Å². The topological polar surface area (TPSA) is 86.8 Å². The van der Waals surface area contributed by atoms with Gasteiger partial charge in [0.1, 0.15) is 12.6 Å². The molecule has 0 fully saturated rings. The van der Waals surface area contributed by atoms with Gasteiger partial charge in [-0.2, -0.15) is 0 Å². The van der Waals surface area contributed by atoms with Gasteiger partial charge in [0.05, 0.1) is 11.9 Å². The van der Waals surface area contributed by atoms with Gasteiger partial charge in [0.15, 0.2) is 0 Å². The number of nitrogens with zero attached hydrogens (tertiary/aromatic N) is 2. The molecule has 0 bridgehead atoms. The van der Waals surface area contributed by atoms with Gasteiger partial charge in [-0.25, -0.2) is 8.42 Å². The quantitative estimate of drug-likeness (QED) is 0.394. The fourth-order valence-corrected chi connectivity index (χ4v) is 4.52. The highest BCUT2D eigenvalue weighted by atomic mass is 127. The molecule has 0 radical (unpaired) electrons. The lowest BCUT2D eigenvalue weighted by atomic mass is 10.1. The van der Waals surface area contributed by atoms with Crippen LogP contribution in [-0.4, -0.2) is 50.5 Å². The second-order valence-electron chi connectivity index (χ2n) is 8.21. The largest absolute Gasteiger partial charge is 0.354 e. The molecule has 0 spiro atoms. The van der Waals surface area contributed by atoms with Crippen molar-refractivity contribution >= 4 is 66.0 Å². The molecule has 0 saturated carbocycles. The van der Waals surface area contributed by atoms with E-state index in [4.69, 9.17) is 0 Å². The van der Waals surface area contributed by atoms with Gasteiger partial charge in [0, 0.05) is 21.1 Å². The van der Waals surface area contributed by atoms with Crippen LogP contribution >= 0.6 is 38.5 Å². The molecule has 33 heavy (non-hydrogen) atoms. The number of amides is 2. The van der Waals surface area contributed by atoms with Crippen molar-refractivity contribution in [2.75, 3.05) is 23.7 Å². The van der Waals surface area contributed by atoms with Gasteiger partial charge >= 0.3 is 0 Å². The Morgan fingerprint density at radius 2 is 1.61 bits per heavy atom. The lowest BCUT2D eigenvalue weighted by Crippen LogP contribution is -2.51. The molecule has 1 N–H and O–H groups in total. The predicted octanol–water partition coefficient (Wildman–Crippen LogP) is 4.01. The van der Waals surface area contributed by atoms with E-state index < -0.39 is 28.5 Å². The first kappa shape index (κ1) is 27.6. The van der Waals surface area contributed by atoms with Gasteiger partial charge in [0.2, 0.25) is 21.8 Å². The standard InChI is InChI=1S/C23H29BrIN3O4S/c1-16(2)13-26-23(30)17(3)27(14-18-5-7-19(24)8-6-18)22(29)15-28(33(4,31)32)21-11-9-20(25)10-12-21/h5-12,16-17H,13-15H2,1-4H3,(H,26,30)/t17-/m1/s1. The summed E-state index contributed by atoms with van der Waals surface area (Å²) < 4.78 is 28.0. The fraction of sp³-hybridized carbons (Fsp3) is 0.391. The van der Waals surface area contributed by atoms with Gasteiger partial charge in [0.25, 0.3) is 0 Å². The zero-order valence-corrected chi connectivity index (χ0v) is 23.6. The smallest absolute Gasteiger partial charge is 0.244 e. The number of rotatable bonds is 10. The molecule has 1 atom stereocenters. The third-order valence-electron chi connectivity index (χ3n) is 4.91.